The number of rotatable bonds is 6. The van der Waals surface area contributed by atoms with Crippen molar-refractivity contribution in [1.82, 2.24) is 5.32 Å². The number of aryl methyl sites for hydroxylation is 1. The van der Waals surface area contributed by atoms with Crippen molar-refractivity contribution < 1.29 is 19.4 Å². The quantitative estimate of drug-likeness (QED) is 0.840. The Balaban J connectivity index is 1.74. The van der Waals surface area contributed by atoms with Gasteiger partial charge in [0.05, 0.1) is 5.92 Å². The fourth-order valence-corrected chi connectivity index (χ4v) is 2.76. The smallest absolute Gasteiger partial charge is 0.306 e. The number of carbonyl (C=O) groups is 2. The van der Waals surface area contributed by atoms with E-state index in [1.807, 2.05) is 25.1 Å². The van der Waals surface area contributed by atoms with Crippen LogP contribution in [-0.2, 0) is 9.59 Å². The van der Waals surface area contributed by atoms with Crippen LogP contribution >= 0.6 is 0 Å². The zero-order valence-electron chi connectivity index (χ0n) is 12.2. The summed E-state index contributed by atoms with van der Waals surface area (Å²) in [5.41, 5.74) is 1.07. The molecule has 21 heavy (non-hydrogen) atoms. The zero-order valence-corrected chi connectivity index (χ0v) is 12.2. The van der Waals surface area contributed by atoms with Gasteiger partial charge in [-0.3, -0.25) is 9.59 Å². The van der Waals surface area contributed by atoms with Crippen molar-refractivity contribution in [1.29, 1.82) is 0 Å². The maximum Gasteiger partial charge on any atom is 0.306 e. The molecular weight excluding hydrogens is 270 g/mol. The number of carboxylic acids is 1. The Kier molecular flexibility index (Phi) is 5.20. The molecule has 0 aromatic heterocycles. The highest BCUT2D eigenvalue weighted by Crippen LogP contribution is 2.31. The molecule has 2 atom stereocenters. The Bertz CT molecular complexity index is 515. The molecular formula is C16H21NO4. The van der Waals surface area contributed by atoms with Crippen LogP contribution < -0.4 is 10.1 Å². The number of benzene rings is 1. The number of carboxylic acid groups (broad SMARTS) is 1. The number of ether oxygens (including phenoxy) is 1. The minimum absolute atomic E-state index is 0.0328. The molecule has 0 bridgehead atoms. The number of nitrogens with one attached hydrogen (secondary N) is 1. The summed E-state index contributed by atoms with van der Waals surface area (Å²) in [7, 11) is 0. The second-order valence-electron chi connectivity index (χ2n) is 5.54. The van der Waals surface area contributed by atoms with Crippen LogP contribution in [0.5, 0.6) is 5.75 Å². The third-order valence-corrected chi connectivity index (χ3v) is 3.90. The van der Waals surface area contributed by atoms with Crippen LogP contribution in [0.4, 0.5) is 0 Å². The molecule has 114 valence electrons. The van der Waals surface area contributed by atoms with Crippen molar-refractivity contribution in [3.05, 3.63) is 29.8 Å². The molecule has 0 heterocycles. The highest BCUT2D eigenvalue weighted by molar-refractivity contribution is 5.77. The van der Waals surface area contributed by atoms with Gasteiger partial charge in [0.2, 0.25) is 0 Å². The Labute approximate surface area is 124 Å². The molecule has 1 aromatic carbocycles. The average Bonchev–Trinajstić information content (AvgIpc) is 2.91. The Morgan fingerprint density at radius 2 is 2.19 bits per heavy atom. The number of hydrogen-bond acceptors (Lipinski definition) is 3. The first-order valence-corrected chi connectivity index (χ1v) is 7.25. The lowest BCUT2D eigenvalue weighted by Crippen LogP contribution is -2.35. The Hall–Kier alpha value is -2.04. The van der Waals surface area contributed by atoms with Gasteiger partial charge in [0, 0.05) is 6.54 Å². The summed E-state index contributed by atoms with van der Waals surface area (Å²) in [4.78, 5) is 22.8. The molecule has 0 radical (unpaired) electrons. The minimum atomic E-state index is -0.761. The van der Waals surface area contributed by atoms with Crippen molar-refractivity contribution in [3.63, 3.8) is 0 Å². The predicted molar refractivity (Wildman–Crippen MR) is 78.2 cm³/mol. The topological polar surface area (TPSA) is 75.6 Å². The molecule has 5 heteroatoms. The first kappa shape index (κ1) is 15.4. The van der Waals surface area contributed by atoms with E-state index in [1.54, 1.807) is 6.07 Å². The minimum Gasteiger partial charge on any atom is -0.484 e. The predicted octanol–water partition coefficient (Wildman–Crippen LogP) is 1.99. The van der Waals surface area contributed by atoms with Crippen LogP contribution in [0.3, 0.4) is 0 Å². The molecule has 1 aliphatic carbocycles. The lowest BCUT2D eigenvalue weighted by molar-refractivity contribution is -0.143. The number of amides is 1. The van der Waals surface area contributed by atoms with Gasteiger partial charge in [-0.2, -0.15) is 0 Å². The fourth-order valence-electron chi connectivity index (χ4n) is 2.76. The van der Waals surface area contributed by atoms with Crippen molar-refractivity contribution >= 4 is 11.9 Å². The summed E-state index contributed by atoms with van der Waals surface area (Å²) < 4.78 is 5.41. The third kappa shape index (κ3) is 4.48. The maximum atomic E-state index is 11.8. The van der Waals surface area contributed by atoms with Crippen LogP contribution in [0.15, 0.2) is 24.3 Å². The van der Waals surface area contributed by atoms with Gasteiger partial charge in [-0.15, -0.1) is 0 Å². The zero-order chi connectivity index (χ0) is 15.2. The van der Waals surface area contributed by atoms with Crippen LogP contribution in [-0.4, -0.2) is 30.1 Å². The standard InChI is InChI=1S/C16H21NO4/c1-11-4-2-6-13(8-11)21-10-15(18)17-9-12-5-3-7-14(12)16(19)20/h2,4,6,8,12,14H,3,5,7,9-10H2,1H3,(H,17,18)(H,19,20). The highest BCUT2D eigenvalue weighted by atomic mass is 16.5. The molecule has 0 spiro atoms. The average molecular weight is 291 g/mol. The van der Waals surface area contributed by atoms with Gasteiger partial charge in [-0.1, -0.05) is 18.6 Å². The Morgan fingerprint density at radius 3 is 2.90 bits per heavy atom. The van der Waals surface area contributed by atoms with E-state index in [2.05, 4.69) is 5.32 Å². The first-order chi connectivity index (χ1) is 10.1. The lowest BCUT2D eigenvalue weighted by Gasteiger charge is -2.16. The van der Waals surface area contributed by atoms with Crippen molar-refractivity contribution in [2.75, 3.05) is 13.2 Å². The second kappa shape index (κ2) is 7.11. The van der Waals surface area contributed by atoms with Gasteiger partial charge in [0.15, 0.2) is 6.61 Å². The summed E-state index contributed by atoms with van der Waals surface area (Å²) in [6.07, 6.45) is 2.48. The van der Waals surface area contributed by atoms with Crippen molar-refractivity contribution in [2.24, 2.45) is 11.8 Å². The molecule has 0 saturated heterocycles. The van der Waals surface area contributed by atoms with Crippen LogP contribution in [0.2, 0.25) is 0 Å². The lowest BCUT2D eigenvalue weighted by atomic mass is 9.96. The fraction of sp³-hybridized carbons (Fsp3) is 0.500. The molecule has 2 rings (SSSR count). The number of carbonyl (C=O) groups excluding carboxylic acids is 1. The molecule has 1 aromatic rings. The maximum absolute atomic E-state index is 11.8. The van der Waals surface area contributed by atoms with E-state index < -0.39 is 5.97 Å². The van der Waals surface area contributed by atoms with Crippen LogP contribution in [0.1, 0.15) is 24.8 Å². The van der Waals surface area contributed by atoms with E-state index in [4.69, 9.17) is 9.84 Å². The molecule has 5 nitrogen and oxygen atoms in total. The summed E-state index contributed by atoms with van der Waals surface area (Å²) >= 11 is 0. The van der Waals surface area contributed by atoms with Gasteiger partial charge in [0.25, 0.3) is 5.91 Å². The normalized spacial score (nSPS) is 21.0. The number of aliphatic carboxylic acids is 1. The summed E-state index contributed by atoms with van der Waals surface area (Å²) in [5, 5.41) is 11.9. The molecule has 1 amide bonds. The molecule has 2 N–H and O–H groups in total. The largest absolute Gasteiger partial charge is 0.484 e. The van der Waals surface area contributed by atoms with Crippen molar-refractivity contribution in [3.8, 4) is 5.75 Å². The monoisotopic (exact) mass is 291 g/mol. The molecule has 1 aliphatic rings. The van der Waals surface area contributed by atoms with E-state index >= 15 is 0 Å². The number of hydrogen-bond donors (Lipinski definition) is 2. The van der Waals surface area contributed by atoms with Gasteiger partial charge in [0.1, 0.15) is 5.75 Å². The summed E-state index contributed by atoms with van der Waals surface area (Å²) in [6.45, 7) is 2.32. The Morgan fingerprint density at radius 1 is 1.38 bits per heavy atom. The van der Waals surface area contributed by atoms with Gasteiger partial charge in [-0.05, 0) is 43.4 Å². The van der Waals surface area contributed by atoms with E-state index in [9.17, 15) is 9.59 Å². The van der Waals surface area contributed by atoms with Crippen LogP contribution in [0, 0.1) is 18.8 Å². The summed E-state index contributed by atoms with van der Waals surface area (Å²) in [6, 6.07) is 7.50. The van der Waals surface area contributed by atoms with E-state index in [-0.39, 0.29) is 24.3 Å². The van der Waals surface area contributed by atoms with E-state index in [1.165, 1.54) is 0 Å². The highest BCUT2D eigenvalue weighted by Gasteiger charge is 2.32. The SMILES string of the molecule is Cc1cccc(OCC(=O)NCC2CCCC2C(=O)O)c1. The van der Waals surface area contributed by atoms with Gasteiger partial charge >= 0.3 is 5.97 Å². The third-order valence-electron chi connectivity index (χ3n) is 3.90. The molecule has 2 unspecified atom stereocenters. The van der Waals surface area contributed by atoms with Crippen molar-refractivity contribution in [2.45, 2.75) is 26.2 Å². The van der Waals surface area contributed by atoms with E-state index in [0.717, 1.165) is 18.4 Å². The molecule has 1 fully saturated rings. The second-order valence-corrected chi connectivity index (χ2v) is 5.54. The van der Waals surface area contributed by atoms with Gasteiger partial charge < -0.3 is 15.2 Å². The molecule has 1 saturated carbocycles. The first-order valence-electron chi connectivity index (χ1n) is 7.25. The van der Waals surface area contributed by atoms with E-state index in [0.29, 0.717) is 18.7 Å². The van der Waals surface area contributed by atoms with Gasteiger partial charge in [-0.25, -0.2) is 0 Å². The molecule has 0 aliphatic heterocycles. The summed E-state index contributed by atoms with van der Waals surface area (Å²) in [5.74, 6) is -0.613. The van der Waals surface area contributed by atoms with Crippen LogP contribution in [0.25, 0.3) is 0 Å².